The standard InChI is InChI=1S/C11H22N2O2/c1-11(14,10-3-2-4-13-10)7-9-8-15-6-5-12-9/h9-10,12-14H,2-8H2,1H3. The molecule has 0 spiro atoms. The molecule has 88 valence electrons. The smallest absolute Gasteiger partial charge is 0.0787 e. The van der Waals surface area contributed by atoms with Crippen molar-refractivity contribution in [3.05, 3.63) is 0 Å². The van der Waals surface area contributed by atoms with Crippen molar-refractivity contribution in [1.29, 1.82) is 0 Å². The lowest BCUT2D eigenvalue weighted by molar-refractivity contribution is -0.0148. The molecule has 0 saturated carbocycles. The Morgan fingerprint density at radius 1 is 1.40 bits per heavy atom. The Kier molecular flexibility index (Phi) is 3.61. The Morgan fingerprint density at radius 3 is 2.87 bits per heavy atom. The number of morpholine rings is 1. The summed E-state index contributed by atoms with van der Waals surface area (Å²) in [6.45, 7) is 5.39. The van der Waals surface area contributed by atoms with Gasteiger partial charge in [0.25, 0.3) is 0 Å². The quantitative estimate of drug-likeness (QED) is 0.612. The predicted octanol–water partition coefficient (Wildman–Crippen LogP) is -0.132. The molecule has 4 nitrogen and oxygen atoms in total. The zero-order valence-electron chi connectivity index (χ0n) is 9.46. The van der Waals surface area contributed by atoms with Gasteiger partial charge in [-0.15, -0.1) is 0 Å². The monoisotopic (exact) mass is 214 g/mol. The minimum Gasteiger partial charge on any atom is -0.388 e. The van der Waals surface area contributed by atoms with E-state index in [9.17, 15) is 5.11 Å². The topological polar surface area (TPSA) is 53.5 Å². The van der Waals surface area contributed by atoms with Crippen LogP contribution in [0.5, 0.6) is 0 Å². The summed E-state index contributed by atoms with van der Waals surface area (Å²) < 4.78 is 5.40. The van der Waals surface area contributed by atoms with Gasteiger partial charge in [-0.1, -0.05) is 0 Å². The van der Waals surface area contributed by atoms with Gasteiger partial charge in [-0.25, -0.2) is 0 Å². The average molecular weight is 214 g/mol. The second-order valence-corrected chi connectivity index (χ2v) is 4.94. The summed E-state index contributed by atoms with van der Waals surface area (Å²) in [4.78, 5) is 0. The highest BCUT2D eigenvalue weighted by molar-refractivity contribution is 4.94. The Labute approximate surface area is 91.4 Å². The summed E-state index contributed by atoms with van der Waals surface area (Å²) >= 11 is 0. The molecule has 0 bridgehead atoms. The van der Waals surface area contributed by atoms with Gasteiger partial charge in [-0.05, 0) is 32.7 Å². The van der Waals surface area contributed by atoms with Crippen molar-refractivity contribution in [2.24, 2.45) is 0 Å². The summed E-state index contributed by atoms with van der Waals surface area (Å²) in [5.74, 6) is 0. The predicted molar refractivity (Wildman–Crippen MR) is 58.9 cm³/mol. The second-order valence-electron chi connectivity index (χ2n) is 4.94. The largest absolute Gasteiger partial charge is 0.388 e. The van der Waals surface area contributed by atoms with Crippen LogP contribution in [-0.4, -0.2) is 49.1 Å². The Morgan fingerprint density at radius 2 is 2.27 bits per heavy atom. The number of hydrogen-bond acceptors (Lipinski definition) is 4. The molecule has 0 amide bonds. The number of nitrogens with one attached hydrogen (secondary N) is 2. The number of aliphatic hydroxyl groups is 1. The normalized spacial score (nSPS) is 36.4. The molecule has 2 saturated heterocycles. The first-order valence-electron chi connectivity index (χ1n) is 5.95. The first kappa shape index (κ1) is 11.3. The van der Waals surface area contributed by atoms with Gasteiger partial charge in [0.2, 0.25) is 0 Å². The molecule has 2 rings (SSSR count). The van der Waals surface area contributed by atoms with Gasteiger partial charge in [0.15, 0.2) is 0 Å². The lowest BCUT2D eigenvalue weighted by Crippen LogP contribution is -2.52. The van der Waals surface area contributed by atoms with Crippen molar-refractivity contribution in [3.63, 3.8) is 0 Å². The summed E-state index contributed by atoms with van der Waals surface area (Å²) in [6, 6.07) is 0.553. The van der Waals surface area contributed by atoms with Crippen molar-refractivity contribution in [2.75, 3.05) is 26.3 Å². The van der Waals surface area contributed by atoms with Crippen molar-refractivity contribution in [2.45, 2.75) is 43.9 Å². The lowest BCUT2D eigenvalue weighted by atomic mass is 9.88. The van der Waals surface area contributed by atoms with Gasteiger partial charge in [0, 0.05) is 18.6 Å². The van der Waals surface area contributed by atoms with Crippen molar-refractivity contribution >= 4 is 0 Å². The van der Waals surface area contributed by atoms with E-state index in [1.165, 1.54) is 6.42 Å². The van der Waals surface area contributed by atoms with Gasteiger partial charge < -0.3 is 20.5 Å². The minimum atomic E-state index is -0.616. The molecular formula is C11H22N2O2. The zero-order valence-corrected chi connectivity index (χ0v) is 9.46. The van der Waals surface area contributed by atoms with Crippen molar-refractivity contribution in [1.82, 2.24) is 10.6 Å². The third-order valence-electron chi connectivity index (χ3n) is 3.47. The highest BCUT2D eigenvalue weighted by Gasteiger charge is 2.36. The number of hydrogen-bond donors (Lipinski definition) is 3. The van der Waals surface area contributed by atoms with Crippen LogP contribution in [-0.2, 0) is 4.74 Å². The van der Waals surface area contributed by atoms with Crippen LogP contribution in [0.4, 0.5) is 0 Å². The van der Waals surface area contributed by atoms with Crippen LogP contribution in [0.15, 0.2) is 0 Å². The van der Waals surface area contributed by atoms with E-state index in [4.69, 9.17) is 4.74 Å². The number of ether oxygens (including phenoxy) is 1. The second kappa shape index (κ2) is 4.78. The summed E-state index contributed by atoms with van der Waals surface area (Å²) in [5.41, 5.74) is -0.616. The molecule has 3 unspecified atom stereocenters. The molecule has 3 atom stereocenters. The fourth-order valence-corrected chi connectivity index (χ4v) is 2.61. The van der Waals surface area contributed by atoms with E-state index in [-0.39, 0.29) is 6.04 Å². The molecule has 0 aliphatic carbocycles. The maximum atomic E-state index is 10.4. The third kappa shape index (κ3) is 2.91. The van der Waals surface area contributed by atoms with E-state index >= 15 is 0 Å². The SMILES string of the molecule is CC(O)(CC1COCCN1)C1CCCN1. The highest BCUT2D eigenvalue weighted by Crippen LogP contribution is 2.24. The van der Waals surface area contributed by atoms with E-state index < -0.39 is 5.60 Å². The fourth-order valence-electron chi connectivity index (χ4n) is 2.61. The molecule has 2 heterocycles. The van der Waals surface area contributed by atoms with Crippen LogP contribution in [0.3, 0.4) is 0 Å². The summed E-state index contributed by atoms with van der Waals surface area (Å²) in [7, 11) is 0. The van der Waals surface area contributed by atoms with E-state index in [2.05, 4.69) is 10.6 Å². The molecule has 2 aliphatic rings. The highest BCUT2D eigenvalue weighted by atomic mass is 16.5. The van der Waals surface area contributed by atoms with E-state index in [0.29, 0.717) is 6.04 Å². The molecule has 0 radical (unpaired) electrons. The molecule has 3 N–H and O–H groups in total. The van der Waals surface area contributed by atoms with Gasteiger partial charge in [0.05, 0.1) is 18.8 Å². The maximum absolute atomic E-state index is 10.4. The first-order chi connectivity index (χ1) is 7.18. The molecule has 0 aromatic heterocycles. The Bertz CT molecular complexity index is 197. The van der Waals surface area contributed by atoms with Crippen molar-refractivity contribution in [3.8, 4) is 0 Å². The van der Waals surface area contributed by atoms with E-state index in [1.807, 2.05) is 6.92 Å². The van der Waals surface area contributed by atoms with Crippen molar-refractivity contribution < 1.29 is 9.84 Å². The van der Waals surface area contributed by atoms with E-state index in [0.717, 1.165) is 39.1 Å². The zero-order chi connectivity index (χ0) is 10.7. The molecule has 2 aliphatic heterocycles. The summed E-state index contributed by atoms with van der Waals surface area (Å²) in [5, 5.41) is 17.2. The van der Waals surface area contributed by atoms with Crippen LogP contribution in [0.25, 0.3) is 0 Å². The minimum absolute atomic E-state index is 0.251. The average Bonchev–Trinajstić information content (AvgIpc) is 2.71. The molecular weight excluding hydrogens is 192 g/mol. The molecule has 15 heavy (non-hydrogen) atoms. The van der Waals surface area contributed by atoms with Crippen LogP contribution < -0.4 is 10.6 Å². The first-order valence-corrected chi connectivity index (χ1v) is 5.95. The molecule has 2 fully saturated rings. The molecule has 0 aromatic carbocycles. The van der Waals surface area contributed by atoms with Crippen LogP contribution in [0.2, 0.25) is 0 Å². The lowest BCUT2D eigenvalue weighted by Gasteiger charge is -2.35. The van der Waals surface area contributed by atoms with Gasteiger partial charge in [0.1, 0.15) is 0 Å². The van der Waals surface area contributed by atoms with E-state index in [1.54, 1.807) is 0 Å². The van der Waals surface area contributed by atoms with Crippen LogP contribution >= 0.6 is 0 Å². The van der Waals surface area contributed by atoms with Gasteiger partial charge in [-0.3, -0.25) is 0 Å². The Hall–Kier alpha value is -0.160. The summed E-state index contributed by atoms with van der Waals surface area (Å²) in [6.07, 6.45) is 3.03. The van der Waals surface area contributed by atoms with Crippen LogP contribution in [0.1, 0.15) is 26.2 Å². The molecule has 0 aromatic rings. The van der Waals surface area contributed by atoms with Gasteiger partial charge >= 0.3 is 0 Å². The fraction of sp³-hybridized carbons (Fsp3) is 1.00. The Balaban J connectivity index is 1.84. The van der Waals surface area contributed by atoms with Gasteiger partial charge in [-0.2, -0.15) is 0 Å². The van der Waals surface area contributed by atoms with Crippen LogP contribution in [0, 0.1) is 0 Å². The third-order valence-corrected chi connectivity index (χ3v) is 3.47. The molecule has 4 heteroatoms. The number of rotatable bonds is 3. The maximum Gasteiger partial charge on any atom is 0.0787 e.